The van der Waals surface area contributed by atoms with Crippen molar-refractivity contribution < 1.29 is 27.4 Å². The topological polar surface area (TPSA) is 61.3 Å². The average molecular weight is 326 g/mol. The molecule has 2 rings (SSSR count). The van der Waals surface area contributed by atoms with Crippen LogP contribution >= 0.6 is 0 Å². The van der Waals surface area contributed by atoms with E-state index in [9.17, 15) is 18.0 Å². The first-order valence-corrected chi connectivity index (χ1v) is 6.63. The fraction of sp³-hybridized carbons (Fsp3) is 0.267. The molecule has 0 spiro atoms. The van der Waals surface area contributed by atoms with E-state index in [1.807, 2.05) is 0 Å². The van der Waals surface area contributed by atoms with E-state index < -0.39 is 18.0 Å². The van der Waals surface area contributed by atoms with Gasteiger partial charge in [0.25, 0.3) is 0 Å². The fourth-order valence-electron chi connectivity index (χ4n) is 1.92. The Morgan fingerprint density at radius 1 is 1.26 bits per heavy atom. The molecule has 1 heterocycles. The number of halogens is 3. The second-order valence-electron chi connectivity index (χ2n) is 4.37. The van der Waals surface area contributed by atoms with Crippen LogP contribution in [-0.2, 0) is 10.9 Å². The van der Waals surface area contributed by atoms with E-state index in [4.69, 9.17) is 9.47 Å². The van der Waals surface area contributed by atoms with E-state index in [1.165, 1.54) is 13.2 Å². The third-order valence-corrected chi connectivity index (χ3v) is 2.90. The summed E-state index contributed by atoms with van der Waals surface area (Å²) < 4.78 is 48.6. The number of carbonyl (C=O) groups excluding carboxylic acids is 1. The molecule has 0 N–H and O–H groups in total. The van der Waals surface area contributed by atoms with Gasteiger partial charge in [-0.3, -0.25) is 0 Å². The predicted octanol–water partition coefficient (Wildman–Crippen LogP) is 3.35. The van der Waals surface area contributed by atoms with Crippen molar-refractivity contribution in [3.8, 4) is 17.0 Å². The van der Waals surface area contributed by atoms with Crippen molar-refractivity contribution in [1.29, 1.82) is 0 Å². The number of esters is 1. The summed E-state index contributed by atoms with van der Waals surface area (Å²) >= 11 is 0. The summed E-state index contributed by atoms with van der Waals surface area (Å²) in [4.78, 5) is 18.7. The summed E-state index contributed by atoms with van der Waals surface area (Å²) in [6.45, 7) is 1.66. The number of hydrogen-bond acceptors (Lipinski definition) is 5. The third-order valence-electron chi connectivity index (χ3n) is 2.90. The SMILES string of the molecule is CCOC(=O)c1cnc(C(F)(F)F)nc1-c1ccccc1OC. The summed E-state index contributed by atoms with van der Waals surface area (Å²) in [6.07, 6.45) is -3.92. The predicted molar refractivity (Wildman–Crippen MR) is 75.0 cm³/mol. The van der Waals surface area contributed by atoms with Crippen molar-refractivity contribution in [2.45, 2.75) is 13.1 Å². The highest BCUT2D eigenvalue weighted by atomic mass is 19.4. The van der Waals surface area contributed by atoms with Crippen LogP contribution in [0.15, 0.2) is 30.5 Å². The number of alkyl halides is 3. The number of methoxy groups -OCH3 is 1. The maximum absolute atomic E-state index is 12.9. The number of carbonyl (C=O) groups is 1. The lowest BCUT2D eigenvalue weighted by Gasteiger charge is -2.13. The molecule has 0 amide bonds. The van der Waals surface area contributed by atoms with E-state index in [2.05, 4.69) is 9.97 Å². The van der Waals surface area contributed by atoms with Gasteiger partial charge in [0.1, 0.15) is 11.3 Å². The summed E-state index contributed by atoms with van der Waals surface area (Å²) in [7, 11) is 1.37. The highest BCUT2D eigenvalue weighted by Gasteiger charge is 2.36. The van der Waals surface area contributed by atoms with Gasteiger partial charge in [0.2, 0.25) is 5.82 Å². The van der Waals surface area contributed by atoms with Crippen molar-refractivity contribution in [1.82, 2.24) is 9.97 Å². The van der Waals surface area contributed by atoms with Crippen LogP contribution in [0.3, 0.4) is 0 Å². The Hall–Kier alpha value is -2.64. The summed E-state index contributed by atoms with van der Waals surface area (Å²) in [5.41, 5.74) is -0.112. The zero-order chi connectivity index (χ0) is 17.0. The van der Waals surface area contributed by atoms with Gasteiger partial charge < -0.3 is 9.47 Å². The van der Waals surface area contributed by atoms with Crippen LogP contribution < -0.4 is 4.74 Å². The van der Waals surface area contributed by atoms with Crippen LogP contribution in [0.4, 0.5) is 13.2 Å². The molecule has 0 atom stereocenters. The van der Waals surface area contributed by atoms with Crippen LogP contribution in [0, 0.1) is 0 Å². The lowest BCUT2D eigenvalue weighted by atomic mass is 10.1. The molecule has 23 heavy (non-hydrogen) atoms. The minimum Gasteiger partial charge on any atom is -0.496 e. The van der Waals surface area contributed by atoms with Crippen molar-refractivity contribution >= 4 is 5.97 Å². The molecule has 0 saturated heterocycles. The summed E-state index contributed by atoms with van der Waals surface area (Å²) in [5, 5.41) is 0. The fourth-order valence-corrected chi connectivity index (χ4v) is 1.92. The van der Waals surface area contributed by atoms with Crippen molar-refractivity contribution in [2.24, 2.45) is 0 Å². The van der Waals surface area contributed by atoms with Crippen LogP contribution in [0.1, 0.15) is 23.1 Å². The van der Waals surface area contributed by atoms with Crippen LogP contribution in [0.5, 0.6) is 5.75 Å². The maximum Gasteiger partial charge on any atom is 0.451 e. The van der Waals surface area contributed by atoms with Gasteiger partial charge in [0, 0.05) is 11.8 Å². The van der Waals surface area contributed by atoms with E-state index >= 15 is 0 Å². The minimum absolute atomic E-state index is 0.0746. The molecule has 2 aromatic rings. The molecule has 5 nitrogen and oxygen atoms in total. The molecule has 1 aromatic heterocycles. The lowest BCUT2D eigenvalue weighted by molar-refractivity contribution is -0.144. The second kappa shape index (κ2) is 6.64. The molecule has 8 heteroatoms. The number of hydrogen-bond donors (Lipinski definition) is 0. The molecule has 0 radical (unpaired) electrons. The Bertz CT molecular complexity index is 717. The normalized spacial score (nSPS) is 11.2. The summed E-state index contributed by atoms with van der Waals surface area (Å²) in [5.74, 6) is -1.86. The zero-order valence-corrected chi connectivity index (χ0v) is 12.3. The number of aromatic nitrogens is 2. The maximum atomic E-state index is 12.9. The molecule has 0 unspecified atom stereocenters. The quantitative estimate of drug-likeness (QED) is 0.806. The second-order valence-corrected chi connectivity index (χ2v) is 4.37. The Kier molecular flexibility index (Phi) is 4.83. The Morgan fingerprint density at radius 3 is 2.57 bits per heavy atom. The molecule has 0 aliphatic heterocycles. The number of ether oxygens (including phenoxy) is 2. The first-order chi connectivity index (χ1) is 10.9. The molecule has 122 valence electrons. The van der Waals surface area contributed by atoms with E-state index in [0.29, 0.717) is 0 Å². The number of para-hydroxylation sites is 1. The number of rotatable bonds is 4. The highest BCUT2D eigenvalue weighted by molar-refractivity contribution is 5.96. The van der Waals surface area contributed by atoms with E-state index in [-0.39, 0.29) is 29.2 Å². The molecule has 0 fully saturated rings. The lowest BCUT2D eigenvalue weighted by Crippen LogP contribution is -2.15. The Balaban J connectivity index is 2.68. The van der Waals surface area contributed by atoms with Gasteiger partial charge in [0.05, 0.1) is 19.4 Å². The third kappa shape index (κ3) is 3.58. The van der Waals surface area contributed by atoms with Crippen molar-refractivity contribution in [3.05, 3.63) is 41.9 Å². The highest BCUT2D eigenvalue weighted by Crippen LogP contribution is 2.33. The minimum atomic E-state index is -4.73. The Labute approximate surface area is 130 Å². The van der Waals surface area contributed by atoms with Crippen LogP contribution in [0.2, 0.25) is 0 Å². The van der Waals surface area contributed by atoms with Gasteiger partial charge in [0.15, 0.2) is 0 Å². The van der Waals surface area contributed by atoms with E-state index in [1.54, 1.807) is 25.1 Å². The first-order valence-electron chi connectivity index (χ1n) is 6.63. The monoisotopic (exact) mass is 326 g/mol. The molecule has 0 aliphatic rings. The van der Waals surface area contributed by atoms with Crippen molar-refractivity contribution in [2.75, 3.05) is 13.7 Å². The van der Waals surface area contributed by atoms with Crippen LogP contribution in [0.25, 0.3) is 11.3 Å². The molecule has 1 aromatic carbocycles. The van der Waals surface area contributed by atoms with Gasteiger partial charge in [-0.2, -0.15) is 13.2 Å². The van der Waals surface area contributed by atoms with Gasteiger partial charge in [-0.25, -0.2) is 14.8 Å². The van der Waals surface area contributed by atoms with Gasteiger partial charge in [-0.05, 0) is 19.1 Å². The molecular formula is C15H13F3N2O3. The summed E-state index contributed by atoms with van der Waals surface area (Å²) in [6, 6.07) is 6.31. The zero-order valence-electron chi connectivity index (χ0n) is 12.3. The van der Waals surface area contributed by atoms with Crippen LogP contribution in [-0.4, -0.2) is 29.7 Å². The largest absolute Gasteiger partial charge is 0.496 e. The van der Waals surface area contributed by atoms with Crippen molar-refractivity contribution in [3.63, 3.8) is 0 Å². The van der Waals surface area contributed by atoms with E-state index in [0.717, 1.165) is 6.20 Å². The first kappa shape index (κ1) is 16.7. The standard InChI is InChI=1S/C15H13F3N2O3/c1-3-23-13(21)10-8-19-14(15(16,17)18)20-12(10)9-6-4-5-7-11(9)22-2/h4-8H,3H2,1-2H3. The van der Waals surface area contributed by atoms with Gasteiger partial charge >= 0.3 is 12.1 Å². The van der Waals surface area contributed by atoms with Gasteiger partial charge in [-0.1, -0.05) is 12.1 Å². The smallest absolute Gasteiger partial charge is 0.451 e. The number of benzene rings is 1. The Morgan fingerprint density at radius 2 is 1.96 bits per heavy atom. The molecular weight excluding hydrogens is 313 g/mol. The van der Waals surface area contributed by atoms with Gasteiger partial charge in [-0.15, -0.1) is 0 Å². The molecule has 0 saturated carbocycles. The number of nitrogens with zero attached hydrogens (tertiary/aromatic N) is 2. The molecule has 0 bridgehead atoms. The average Bonchev–Trinajstić information content (AvgIpc) is 2.53. The molecule has 0 aliphatic carbocycles.